The van der Waals surface area contributed by atoms with Gasteiger partial charge >= 0.3 is 14.2 Å². The van der Waals surface area contributed by atoms with Crippen molar-refractivity contribution in [2.75, 3.05) is 26.4 Å². The summed E-state index contributed by atoms with van der Waals surface area (Å²) in [5.74, 6) is 0. The molecule has 0 radical (unpaired) electrons. The third kappa shape index (κ3) is 6.93. The first-order valence-electron chi connectivity index (χ1n) is 8.01. The molecular formula is C16H28B2O6. The Bertz CT molecular complexity index is 470. The quantitative estimate of drug-likeness (QED) is 0.414. The first kappa shape index (κ1) is 21.2. The molecule has 0 aliphatic rings. The molecule has 0 heterocycles. The highest BCUT2D eigenvalue weighted by Gasteiger charge is 2.29. The molecule has 0 fully saturated rings. The van der Waals surface area contributed by atoms with Crippen LogP contribution in [0.4, 0.5) is 0 Å². The van der Waals surface area contributed by atoms with E-state index in [0.717, 1.165) is 5.46 Å². The molecule has 0 amide bonds. The molecule has 1 aromatic rings. The summed E-state index contributed by atoms with van der Waals surface area (Å²) >= 11 is 0. The number of hydrogen-bond donors (Lipinski definition) is 4. The minimum absolute atomic E-state index is 0.0164. The normalized spacial score (nSPS) is 12.3. The van der Waals surface area contributed by atoms with Crippen LogP contribution in [-0.4, -0.2) is 60.9 Å². The Balaban J connectivity index is 2.86. The SMILES string of the molecule is CC(C)(CO)COB(OCC(C)(C)CO)c1ccc(B(O)O)cc1. The van der Waals surface area contributed by atoms with Crippen molar-refractivity contribution in [3.63, 3.8) is 0 Å². The standard InChI is InChI=1S/C16H28B2O6/c1-15(2,9-19)11-23-18(24-12-16(3,4)10-20)14-7-5-13(6-8-14)17(21)22/h5-8,19-22H,9-12H2,1-4H3. The molecule has 1 aromatic carbocycles. The van der Waals surface area contributed by atoms with Crippen LogP contribution in [0.3, 0.4) is 0 Å². The summed E-state index contributed by atoms with van der Waals surface area (Å²) in [5, 5.41) is 37.1. The van der Waals surface area contributed by atoms with E-state index in [9.17, 15) is 20.3 Å². The molecule has 0 saturated carbocycles. The van der Waals surface area contributed by atoms with Crippen LogP contribution in [0.2, 0.25) is 0 Å². The summed E-state index contributed by atoms with van der Waals surface area (Å²) in [5.41, 5.74) is 0.288. The van der Waals surface area contributed by atoms with E-state index in [4.69, 9.17) is 9.31 Å². The van der Waals surface area contributed by atoms with Crippen molar-refractivity contribution in [1.82, 2.24) is 0 Å². The second-order valence-electron chi connectivity index (χ2n) is 7.64. The average molecular weight is 338 g/mol. The summed E-state index contributed by atoms with van der Waals surface area (Å²) in [6.07, 6.45) is 0. The zero-order valence-corrected chi connectivity index (χ0v) is 14.9. The number of aliphatic hydroxyl groups excluding tert-OH is 2. The van der Waals surface area contributed by atoms with E-state index in [0.29, 0.717) is 5.46 Å². The highest BCUT2D eigenvalue weighted by atomic mass is 16.6. The first-order valence-corrected chi connectivity index (χ1v) is 8.01. The average Bonchev–Trinajstić information content (AvgIpc) is 2.55. The van der Waals surface area contributed by atoms with Gasteiger partial charge in [0.05, 0.1) is 13.2 Å². The molecule has 4 N–H and O–H groups in total. The maximum Gasteiger partial charge on any atom is 0.493 e. The van der Waals surface area contributed by atoms with Crippen LogP contribution in [0.15, 0.2) is 24.3 Å². The Morgan fingerprint density at radius 1 is 0.792 bits per heavy atom. The van der Waals surface area contributed by atoms with Crippen LogP contribution in [0.25, 0.3) is 0 Å². The maximum atomic E-state index is 9.36. The fourth-order valence-corrected chi connectivity index (χ4v) is 1.76. The summed E-state index contributed by atoms with van der Waals surface area (Å²) in [6, 6.07) is 6.59. The van der Waals surface area contributed by atoms with Crippen molar-refractivity contribution in [3.05, 3.63) is 24.3 Å². The maximum absolute atomic E-state index is 9.36. The molecule has 0 unspecified atom stereocenters. The molecule has 1 rings (SSSR count). The highest BCUT2D eigenvalue weighted by Crippen LogP contribution is 2.17. The van der Waals surface area contributed by atoms with Gasteiger partial charge in [0.25, 0.3) is 0 Å². The zero-order chi connectivity index (χ0) is 18.4. The van der Waals surface area contributed by atoms with Crippen molar-refractivity contribution < 1.29 is 29.6 Å². The molecule has 0 bridgehead atoms. The molecule has 0 saturated heterocycles. The van der Waals surface area contributed by atoms with Crippen molar-refractivity contribution >= 4 is 25.2 Å². The van der Waals surface area contributed by atoms with Gasteiger partial charge in [-0.3, -0.25) is 0 Å². The van der Waals surface area contributed by atoms with Crippen LogP contribution in [0, 0.1) is 10.8 Å². The summed E-state index contributed by atoms with van der Waals surface area (Å²) < 4.78 is 11.7. The first-order chi connectivity index (χ1) is 11.1. The summed E-state index contributed by atoms with van der Waals surface area (Å²) in [4.78, 5) is 0. The fourth-order valence-electron chi connectivity index (χ4n) is 1.76. The van der Waals surface area contributed by atoms with E-state index in [-0.39, 0.29) is 26.4 Å². The van der Waals surface area contributed by atoms with Gasteiger partial charge in [-0.15, -0.1) is 0 Å². The van der Waals surface area contributed by atoms with Gasteiger partial charge in [-0.1, -0.05) is 52.0 Å². The number of hydrogen-bond acceptors (Lipinski definition) is 6. The van der Waals surface area contributed by atoms with Gasteiger partial charge in [0.1, 0.15) is 0 Å². The lowest BCUT2D eigenvalue weighted by molar-refractivity contribution is 0.0562. The molecular weight excluding hydrogens is 310 g/mol. The van der Waals surface area contributed by atoms with Gasteiger partial charge in [-0.25, -0.2) is 0 Å². The number of rotatable bonds is 10. The Hall–Kier alpha value is -0.890. The minimum atomic E-state index is -1.53. The fraction of sp³-hybridized carbons (Fsp3) is 0.625. The zero-order valence-electron chi connectivity index (χ0n) is 14.9. The lowest BCUT2D eigenvalue weighted by Gasteiger charge is -2.27. The summed E-state index contributed by atoms with van der Waals surface area (Å²) in [7, 11) is -2.20. The predicted molar refractivity (Wildman–Crippen MR) is 95.3 cm³/mol. The molecule has 0 aliphatic carbocycles. The number of benzene rings is 1. The van der Waals surface area contributed by atoms with E-state index in [1.807, 2.05) is 27.7 Å². The Kier molecular flexibility index (Phi) is 7.92. The Labute approximate surface area is 144 Å². The minimum Gasteiger partial charge on any atom is -0.423 e. The lowest BCUT2D eigenvalue weighted by atomic mass is 9.73. The van der Waals surface area contributed by atoms with Crippen molar-refractivity contribution in [1.29, 1.82) is 0 Å². The Morgan fingerprint density at radius 3 is 1.50 bits per heavy atom. The van der Waals surface area contributed by atoms with Crippen LogP contribution >= 0.6 is 0 Å². The molecule has 0 aliphatic heterocycles. The van der Waals surface area contributed by atoms with Crippen molar-refractivity contribution in [2.24, 2.45) is 10.8 Å². The predicted octanol–water partition coefficient (Wildman–Crippen LogP) is -0.868. The van der Waals surface area contributed by atoms with Gasteiger partial charge < -0.3 is 29.6 Å². The van der Waals surface area contributed by atoms with Crippen LogP contribution in [0.1, 0.15) is 27.7 Å². The third-order valence-electron chi connectivity index (χ3n) is 3.61. The molecule has 8 heteroatoms. The topological polar surface area (TPSA) is 99.4 Å². The molecule has 0 spiro atoms. The van der Waals surface area contributed by atoms with Crippen molar-refractivity contribution in [2.45, 2.75) is 27.7 Å². The summed E-state index contributed by atoms with van der Waals surface area (Å²) in [6.45, 7) is 8.07. The molecule has 0 atom stereocenters. The van der Waals surface area contributed by atoms with Crippen LogP contribution in [0.5, 0.6) is 0 Å². The highest BCUT2D eigenvalue weighted by molar-refractivity contribution is 6.62. The van der Waals surface area contributed by atoms with Crippen molar-refractivity contribution in [3.8, 4) is 0 Å². The van der Waals surface area contributed by atoms with Gasteiger partial charge in [-0.2, -0.15) is 0 Å². The van der Waals surface area contributed by atoms with Gasteiger partial charge in [0.2, 0.25) is 0 Å². The number of aliphatic hydroxyl groups is 2. The van der Waals surface area contributed by atoms with E-state index in [1.54, 1.807) is 24.3 Å². The monoisotopic (exact) mass is 338 g/mol. The lowest BCUT2D eigenvalue weighted by Crippen LogP contribution is -2.43. The largest absolute Gasteiger partial charge is 0.493 e. The third-order valence-corrected chi connectivity index (χ3v) is 3.61. The van der Waals surface area contributed by atoms with E-state index < -0.39 is 25.1 Å². The second kappa shape index (κ2) is 8.99. The Morgan fingerprint density at radius 2 is 1.17 bits per heavy atom. The van der Waals surface area contributed by atoms with E-state index in [2.05, 4.69) is 0 Å². The van der Waals surface area contributed by atoms with Crippen LogP contribution in [-0.2, 0) is 9.31 Å². The van der Waals surface area contributed by atoms with E-state index in [1.165, 1.54) is 0 Å². The van der Waals surface area contributed by atoms with Gasteiger partial charge in [0.15, 0.2) is 0 Å². The second-order valence-corrected chi connectivity index (χ2v) is 7.64. The molecule has 6 nitrogen and oxygen atoms in total. The molecule has 134 valence electrons. The van der Waals surface area contributed by atoms with Gasteiger partial charge in [-0.05, 0) is 10.9 Å². The van der Waals surface area contributed by atoms with Gasteiger partial charge in [0, 0.05) is 24.0 Å². The molecule has 0 aromatic heterocycles. The molecule has 24 heavy (non-hydrogen) atoms. The van der Waals surface area contributed by atoms with E-state index >= 15 is 0 Å². The van der Waals surface area contributed by atoms with Crippen LogP contribution < -0.4 is 10.9 Å². The smallest absolute Gasteiger partial charge is 0.423 e.